The number of nitrogens with one attached hydrogen (secondary N) is 1. The summed E-state index contributed by atoms with van der Waals surface area (Å²) in [7, 11) is 0. The number of rotatable bonds is 3. The molecule has 1 N–H and O–H groups in total. The Morgan fingerprint density at radius 1 is 1.50 bits per heavy atom. The number of hydrogen-bond donors (Lipinski definition) is 1. The van der Waals surface area contributed by atoms with Crippen molar-refractivity contribution in [1.82, 2.24) is 9.97 Å². The quantitative estimate of drug-likeness (QED) is 0.502. The maximum absolute atomic E-state index is 10.8. The van der Waals surface area contributed by atoms with Gasteiger partial charge in [-0.25, -0.2) is 9.97 Å². The normalized spacial score (nSPS) is 11.2. The van der Waals surface area contributed by atoms with Crippen LogP contribution in [0.25, 0.3) is 0 Å². The van der Waals surface area contributed by atoms with Crippen LogP contribution in [0.15, 0.2) is 6.33 Å². The van der Waals surface area contributed by atoms with Crippen molar-refractivity contribution >= 4 is 23.1 Å². The molecule has 0 unspecified atom stereocenters. The highest BCUT2D eigenvalue weighted by molar-refractivity contribution is 6.31. The van der Waals surface area contributed by atoms with Crippen LogP contribution in [0.5, 0.6) is 0 Å². The molecule has 1 rings (SSSR count). The van der Waals surface area contributed by atoms with Gasteiger partial charge in [0, 0.05) is 6.54 Å². The van der Waals surface area contributed by atoms with E-state index in [-0.39, 0.29) is 22.1 Å². The summed E-state index contributed by atoms with van der Waals surface area (Å²) in [5.74, 6) is 0.153. The molecule has 0 amide bonds. The monoisotopic (exact) mass is 244 g/mol. The first kappa shape index (κ1) is 12.6. The third kappa shape index (κ3) is 3.30. The van der Waals surface area contributed by atoms with Gasteiger partial charge in [-0.3, -0.25) is 10.1 Å². The summed E-state index contributed by atoms with van der Waals surface area (Å²) in [6.45, 7) is 6.58. The lowest BCUT2D eigenvalue weighted by molar-refractivity contribution is -0.384. The SMILES string of the molecule is CC(C)(C)CNc1ncnc(Cl)c1[N+](=O)[O-]. The van der Waals surface area contributed by atoms with Crippen molar-refractivity contribution in [1.29, 1.82) is 0 Å². The average Bonchev–Trinajstić information content (AvgIpc) is 2.12. The molecule has 6 nitrogen and oxygen atoms in total. The Morgan fingerprint density at radius 2 is 2.12 bits per heavy atom. The number of nitro groups is 1. The molecule has 1 aromatic rings. The van der Waals surface area contributed by atoms with Gasteiger partial charge in [-0.1, -0.05) is 32.4 Å². The van der Waals surface area contributed by atoms with E-state index in [0.29, 0.717) is 6.54 Å². The van der Waals surface area contributed by atoms with Crippen molar-refractivity contribution in [3.05, 3.63) is 21.6 Å². The van der Waals surface area contributed by atoms with Crippen LogP contribution >= 0.6 is 11.6 Å². The number of anilines is 1. The van der Waals surface area contributed by atoms with E-state index < -0.39 is 4.92 Å². The summed E-state index contributed by atoms with van der Waals surface area (Å²) in [5.41, 5.74) is -0.293. The molecule has 0 aliphatic heterocycles. The van der Waals surface area contributed by atoms with Crippen molar-refractivity contribution in [3.63, 3.8) is 0 Å². The van der Waals surface area contributed by atoms with Crippen LogP contribution in [0.2, 0.25) is 5.15 Å². The van der Waals surface area contributed by atoms with Crippen LogP contribution in [0.3, 0.4) is 0 Å². The largest absolute Gasteiger partial charge is 0.364 e. The molecule has 1 aromatic heterocycles. The third-order valence-electron chi connectivity index (χ3n) is 1.75. The van der Waals surface area contributed by atoms with E-state index in [4.69, 9.17) is 11.6 Å². The lowest BCUT2D eigenvalue weighted by atomic mass is 9.97. The molecule has 0 saturated heterocycles. The van der Waals surface area contributed by atoms with E-state index in [0.717, 1.165) is 0 Å². The van der Waals surface area contributed by atoms with E-state index in [1.54, 1.807) is 0 Å². The van der Waals surface area contributed by atoms with Gasteiger partial charge in [0.05, 0.1) is 4.92 Å². The van der Waals surface area contributed by atoms with E-state index >= 15 is 0 Å². The smallest absolute Gasteiger partial charge is 0.348 e. The summed E-state index contributed by atoms with van der Waals surface area (Å²) < 4.78 is 0. The molecule has 0 aliphatic carbocycles. The Labute approximate surface area is 98.2 Å². The Kier molecular flexibility index (Phi) is 3.64. The molecule has 0 radical (unpaired) electrons. The highest BCUT2D eigenvalue weighted by atomic mass is 35.5. The van der Waals surface area contributed by atoms with E-state index in [1.165, 1.54) is 6.33 Å². The van der Waals surface area contributed by atoms with Crippen LogP contribution in [-0.4, -0.2) is 21.4 Å². The molecule has 0 aliphatic rings. The van der Waals surface area contributed by atoms with Crippen LogP contribution in [0.1, 0.15) is 20.8 Å². The second-order valence-corrected chi connectivity index (χ2v) is 4.89. The Hall–Kier alpha value is -1.43. The summed E-state index contributed by atoms with van der Waals surface area (Å²) in [4.78, 5) is 17.6. The van der Waals surface area contributed by atoms with Gasteiger partial charge in [-0.2, -0.15) is 0 Å². The minimum absolute atomic E-state index is 0.00864. The number of nitrogens with zero attached hydrogens (tertiary/aromatic N) is 3. The predicted octanol–water partition coefficient (Wildman–Crippen LogP) is 2.50. The van der Waals surface area contributed by atoms with Crippen molar-refractivity contribution in [3.8, 4) is 0 Å². The van der Waals surface area contributed by atoms with E-state index in [1.807, 2.05) is 20.8 Å². The van der Waals surface area contributed by atoms with Gasteiger partial charge in [-0.15, -0.1) is 0 Å². The second-order valence-electron chi connectivity index (χ2n) is 4.53. The van der Waals surface area contributed by atoms with Gasteiger partial charge in [0.25, 0.3) is 0 Å². The van der Waals surface area contributed by atoms with Crippen molar-refractivity contribution in [2.24, 2.45) is 5.41 Å². The van der Waals surface area contributed by atoms with Crippen molar-refractivity contribution < 1.29 is 4.92 Å². The van der Waals surface area contributed by atoms with Crippen LogP contribution in [0.4, 0.5) is 11.5 Å². The topological polar surface area (TPSA) is 81.0 Å². The first-order valence-electron chi connectivity index (χ1n) is 4.70. The van der Waals surface area contributed by atoms with Crippen LogP contribution in [-0.2, 0) is 0 Å². The van der Waals surface area contributed by atoms with Crippen LogP contribution in [0, 0.1) is 15.5 Å². The molecular weight excluding hydrogens is 232 g/mol. The Balaban J connectivity index is 2.96. The molecule has 88 valence electrons. The fourth-order valence-electron chi connectivity index (χ4n) is 0.997. The molecule has 1 heterocycles. The lowest BCUT2D eigenvalue weighted by Gasteiger charge is -2.18. The summed E-state index contributed by atoms with van der Waals surface area (Å²) in [6.07, 6.45) is 1.19. The summed E-state index contributed by atoms with van der Waals surface area (Å²) >= 11 is 5.64. The zero-order chi connectivity index (χ0) is 12.3. The number of halogens is 1. The molecule has 0 saturated carbocycles. The fourth-order valence-corrected chi connectivity index (χ4v) is 1.20. The van der Waals surface area contributed by atoms with E-state index in [9.17, 15) is 10.1 Å². The zero-order valence-electron chi connectivity index (χ0n) is 9.32. The van der Waals surface area contributed by atoms with E-state index in [2.05, 4.69) is 15.3 Å². The molecule has 0 aromatic carbocycles. The first-order valence-corrected chi connectivity index (χ1v) is 5.08. The molecule has 0 fully saturated rings. The van der Waals surface area contributed by atoms with Crippen LogP contribution < -0.4 is 5.32 Å². The third-order valence-corrected chi connectivity index (χ3v) is 2.02. The standard InChI is InChI=1S/C9H13ClN4O2/c1-9(2,3)4-11-8-6(14(15)16)7(10)12-5-13-8/h5H,4H2,1-3H3,(H,11,12,13). The average molecular weight is 245 g/mol. The number of aromatic nitrogens is 2. The molecular formula is C9H13ClN4O2. The zero-order valence-corrected chi connectivity index (χ0v) is 10.1. The van der Waals surface area contributed by atoms with Gasteiger partial charge in [0.2, 0.25) is 11.0 Å². The minimum atomic E-state index is -0.590. The lowest BCUT2D eigenvalue weighted by Crippen LogP contribution is -2.20. The highest BCUT2D eigenvalue weighted by Crippen LogP contribution is 2.29. The van der Waals surface area contributed by atoms with Gasteiger partial charge >= 0.3 is 5.69 Å². The number of hydrogen-bond acceptors (Lipinski definition) is 5. The first-order chi connectivity index (χ1) is 7.31. The molecule has 0 bridgehead atoms. The van der Waals surface area contributed by atoms with Gasteiger partial charge in [0.1, 0.15) is 6.33 Å². The fraction of sp³-hybridized carbons (Fsp3) is 0.556. The predicted molar refractivity (Wildman–Crippen MR) is 61.6 cm³/mol. The molecule has 7 heteroatoms. The summed E-state index contributed by atoms with van der Waals surface area (Å²) in [5, 5.41) is 13.5. The summed E-state index contributed by atoms with van der Waals surface area (Å²) in [6, 6.07) is 0. The van der Waals surface area contributed by atoms with Gasteiger partial charge in [-0.05, 0) is 5.41 Å². The minimum Gasteiger partial charge on any atom is -0.364 e. The highest BCUT2D eigenvalue weighted by Gasteiger charge is 2.22. The molecule has 0 spiro atoms. The van der Waals surface area contributed by atoms with Gasteiger partial charge < -0.3 is 5.32 Å². The maximum atomic E-state index is 10.8. The Bertz CT molecular complexity index is 403. The van der Waals surface area contributed by atoms with Gasteiger partial charge in [0.15, 0.2) is 0 Å². The van der Waals surface area contributed by atoms with Crippen molar-refractivity contribution in [2.75, 3.05) is 11.9 Å². The molecule has 16 heavy (non-hydrogen) atoms. The maximum Gasteiger partial charge on any atom is 0.348 e. The second kappa shape index (κ2) is 4.61. The Morgan fingerprint density at radius 3 is 2.62 bits per heavy atom. The van der Waals surface area contributed by atoms with Crippen molar-refractivity contribution in [2.45, 2.75) is 20.8 Å². The molecule has 0 atom stereocenters.